The Labute approximate surface area is 193 Å². The molecule has 0 radical (unpaired) electrons. The number of thioether (sulfide) groups is 1. The fourth-order valence-corrected chi connectivity index (χ4v) is 5.94. The minimum Gasteiger partial charge on any atom is -0.538 e. The fraction of sp³-hybridized carbons (Fsp3) is 0.364. The number of amides is 1. The SMILES string of the molecule is COC(=O)c1c(NC(=O)C(C)Sc2c([O-])on[n+]2-c2ccccc2)sc2c1CCC(C)C2. The number of hydrogen-bond acceptors (Lipinski definition) is 8. The molecule has 1 N–H and O–H groups in total. The summed E-state index contributed by atoms with van der Waals surface area (Å²) < 4.78 is 11.2. The third-order valence-electron chi connectivity index (χ3n) is 5.37. The molecule has 0 saturated carbocycles. The average molecular weight is 474 g/mol. The molecule has 32 heavy (non-hydrogen) atoms. The van der Waals surface area contributed by atoms with Gasteiger partial charge in [0.25, 0.3) is 5.03 Å². The van der Waals surface area contributed by atoms with E-state index in [0.717, 1.165) is 41.5 Å². The van der Waals surface area contributed by atoms with Crippen LogP contribution < -0.4 is 15.1 Å². The summed E-state index contributed by atoms with van der Waals surface area (Å²) in [6.07, 6.45) is 2.66. The highest BCUT2D eigenvalue weighted by atomic mass is 32.2. The molecular weight excluding hydrogens is 450 g/mol. The predicted molar refractivity (Wildman–Crippen MR) is 118 cm³/mol. The highest BCUT2D eigenvalue weighted by Gasteiger charge is 2.31. The van der Waals surface area contributed by atoms with Crippen LogP contribution in [0.1, 0.15) is 41.1 Å². The number of nitrogens with one attached hydrogen (secondary N) is 1. The first-order chi connectivity index (χ1) is 15.4. The lowest BCUT2D eigenvalue weighted by atomic mass is 9.88. The second-order valence-corrected chi connectivity index (χ2v) is 10.1. The second-order valence-electron chi connectivity index (χ2n) is 7.71. The largest absolute Gasteiger partial charge is 0.538 e. The summed E-state index contributed by atoms with van der Waals surface area (Å²) >= 11 is 2.48. The quantitative estimate of drug-likeness (QED) is 0.333. The van der Waals surface area contributed by atoms with Crippen molar-refractivity contribution < 1.29 is 28.6 Å². The number of thiophene rings is 1. The normalized spacial score (nSPS) is 16.3. The number of aromatic nitrogens is 2. The molecule has 168 valence electrons. The molecule has 1 aliphatic carbocycles. The number of carbonyl (C=O) groups excluding carboxylic acids is 2. The van der Waals surface area contributed by atoms with Gasteiger partial charge in [0.2, 0.25) is 11.6 Å². The van der Waals surface area contributed by atoms with E-state index in [2.05, 4.69) is 17.5 Å². The molecule has 2 atom stereocenters. The number of carbonyl (C=O) groups is 2. The number of benzene rings is 1. The van der Waals surface area contributed by atoms with Gasteiger partial charge in [0.1, 0.15) is 5.00 Å². The van der Waals surface area contributed by atoms with Gasteiger partial charge in [-0.05, 0) is 54.1 Å². The maximum Gasteiger partial charge on any atom is 0.341 e. The van der Waals surface area contributed by atoms with E-state index < -0.39 is 17.2 Å². The molecule has 1 aromatic carbocycles. The van der Waals surface area contributed by atoms with E-state index in [1.165, 1.54) is 23.1 Å². The molecule has 2 heterocycles. The van der Waals surface area contributed by atoms with E-state index >= 15 is 0 Å². The van der Waals surface area contributed by atoms with Crippen LogP contribution in [0.3, 0.4) is 0 Å². The number of methoxy groups -OCH3 is 1. The van der Waals surface area contributed by atoms with Crippen molar-refractivity contribution in [2.45, 2.75) is 43.4 Å². The lowest BCUT2D eigenvalue weighted by Crippen LogP contribution is -2.36. The van der Waals surface area contributed by atoms with Crippen LogP contribution in [0.15, 0.2) is 39.9 Å². The lowest BCUT2D eigenvalue weighted by Gasteiger charge is -2.18. The summed E-state index contributed by atoms with van der Waals surface area (Å²) in [6, 6.07) is 9.07. The summed E-state index contributed by atoms with van der Waals surface area (Å²) in [7, 11) is 1.34. The number of ether oxygens (including phenoxy) is 1. The summed E-state index contributed by atoms with van der Waals surface area (Å²) in [6.45, 7) is 3.87. The zero-order chi connectivity index (χ0) is 22.8. The molecule has 3 aromatic rings. The standard InChI is InChI=1S/C22H23N3O5S2/c1-12-9-10-15-16(11-12)32-19(17(15)21(27)29-3)23-18(26)13(2)31-20-22(28)30-24-25(20)14-7-5-4-6-8-14/h4-8,12-13H,9-11H2,1-3H3,(H-,23,24,26,27,28). The maximum atomic E-state index is 13.0. The van der Waals surface area contributed by atoms with Crippen molar-refractivity contribution in [3.8, 4) is 11.6 Å². The van der Waals surface area contributed by atoms with Crippen molar-refractivity contribution in [2.24, 2.45) is 5.92 Å². The van der Waals surface area contributed by atoms with E-state index in [-0.39, 0.29) is 10.9 Å². The van der Waals surface area contributed by atoms with E-state index in [1.54, 1.807) is 19.1 Å². The molecule has 10 heteroatoms. The van der Waals surface area contributed by atoms with Crippen molar-refractivity contribution in [2.75, 3.05) is 12.4 Å². The molecule has 1 amide bonds. The molecule has 0 aliphatic heterocycles. The minimum absolute atomic E-state index is 0.200. The number of fused-ring (bicyclic) bond motifs is 1. The molecule has 0 spiro atoms. The maximum absolute atomic E-state index is 13.0. The van der Waals surface area contributed by atoms with Crippen LogP contribution in [0.2, 0.25) is 0 Å². The van der Waals surface area contributed by atoms with E-state index in [1.807, 2.05) is 18.2 Å². The molecule has 0 saturated heterocycles. The predicted octanol–water partition coefficient (Wildman–Crippen LogP) is 3.12. The van der Waals surface area contributed by atoms with Crippen molar-refractivity contribution in [3.05, 3.63) is 46.3 Å². The third-order valence-corrected chi connectivity index (χ3v) is 7.67. The Morgan fingerprint density at radius 3 is 2.84 bits per heavy atom. The van der Waals surface area contributed by atoms with E-state index in [9.17, 15) is 14.7 Å². The van der Waals surface area contributed by atoms with E-state index in [4.69, 9.17) is 9.26 Å². The Bertz CT molecular complexity index is 1140. The topological polar surface area (TPSA) is 108 Å². The molecule has 2 aromatic heterocycles. The zero-order valence-electron chi connectivity index (χ0n) is 17.9. The first-order valence-corrected chi connectivity index (χ1v) is 11.9. The Morgan fingerprint density at radius 1 is 1.38 bits per heavy atom. The highest BCUT2D eigenvalue weighted by molar-refractivity contribution is 8.00. The first kappa shape index (κ1) is 22.3. The minimum atomic E-state index is -0.638. The number of nitrogens with zero attached hydrogens (tertiary/aromatic N) is 2. The third kappa shape index (κ3) is 4.37. The van der Waals surface area contributed by atoms with Gasteiger partial charge in [-0.15, -0.1) is 11.3 Å². The summed E-state index contributed by atoms with van der Waals surface area (Å²) in [4.78, 5) is 26.6. The summed E-state index contributed by atoms with van der Waals surface area (Å²) in [5.41, 5.74) is 2.07. The number of hydrogen-bond donors (Lipinski definition) is 1. The Hall–Kier alpha value is -2.85. The average Bonchev–Trinajstić information content (AvgIpc) is 3.33. The van der Waals surface area contributed by atoms with Gasteiger partial charge in [0.15, 0.2) is 5.95 Å². The Morgan fingerprint density at radius 2 is 2.12 bits per heavy atom. The molecular formula is C22H23N3O5S2. The number of anilines is 1. The van der Waals surface area contributed by atoms with Crippen LogP contribution in [0, 0.1) is 5.92 Å². The molecule has 4 rings (SSSR count). The first-order valence-electron chi connectivity index (χ1n) is 10.2. The van der Waals surface area contributed by atoms with E-state index in [0.29, 0.717) is 22.2 Å². The van der Waals surface area contributed by atoms with Crippen LogP contribution >= 0.6 is 23.1 Å². The van der Waals surface area contributed by atoms with Crippen molar-refractivity contribution >= 4 is 40.0 Å². The van der Waals surface area contributed by atoms with Crippen LogP contribution in [-0.4, -0.2) is 29.5 Å². The number of rotatable bonds is 6. The van der Waals surface area contributed by atoms with Gasteiger partial charge in [-0.2, -0.15) is 0 Å². The van der Waals surface area contributed by atoms with Gasteiger partial charge < -0.3 is 19.7 Å². The van der Waals surface area contributed by atoms with Gasteiger partial charge in [-0.1, -0.05) is 25.1 Å². The highest BCUT2D eigenvalue weighted by Crippen LogP contribution is 2.40. The molecule has 2 unspecified atom stereocenters. The van der Waals surface area contributed by atoms with Gasteiger partial charge in [-0.3, -0.25) is 4.79 Å². The number of esters is 1. The Balaban J connectivity index is 1.56. The molecule has 0 bridgehead atoms. The van der Waals surface area contributed by atoms with Gasteiger partial charge in [0.05, 0.1) is 23.2 Å². The van der Waals surface area contributed by atoms with Crippen LogP contribution in [0.25, 0.3) is 5.69 Å². The molecule has 0 fully saturated rings. The van der Waals surface area contributed by atoms with Gasteiger partial charge >= 0.3 is 5.97 Å². The van der Waals surface area contributed by atoms with Crippen molar-refractivity contribution in [3.63, 3.8) is 0 Å². The van der Waals surface area contributed by atoms with Gasteiger partial charge in [0, 0.05) is 17.0 Å². The Kier molecular flexibility index (Phi) is 6.52. The van der Waals surface area contributed by atoms with Crippen LogP contribution in [-0.2, 0) is 22.4 Å². The fourth-order valence-electron chi connectivity index (χ4n) is 3.66. The smallest absolute Gasteiger partial charge is 0.341 e. The van der Waals surface area contributed by atoms with Crippen molar-refractivity contribution in [1.82, 2.24) is 5.27 Å². The van der Waals surface area contributed by atoms with Gasteiger partial charge in [-0.25, -0.2) is 4.79 Å². The second kappa shape index (κ2) is 9.33. The van der Waals surface area contributed by atoms with Crippen molar-refractivity contribution in [1.29, 1.82) is 0 Å². The zero-order valence-corrected chi connectivity index (χ0v) is 19.5. The molecule has 8 nitrogen and oxygen atoms in total. The molecule has 1 aliphatic rings. The lowest BCUT2D eigenvalue weighted by molar-refractivity contribution is -0.705. The summed E-state index contributed by atoms with van der Waals surface area (Å²) in [5.74, 6) is -0.862. The van der Waals surface area contributed by atoms with Crippen LogP contribution in [0.5, 0.6) is 5.95 Å². The van der Waals surface area contributed by atoms with Crippen LogP contribution in [0.4, 0.5) is 5.00 Å². The number of para-hydroxylation sites is 1. The summed E-state index contributed by atoms with van der Waals surface area (Å²) in [5, 5.41) is 19.0. The monoisotopic (exact) mass is 473 g/mol.